The van der Waals surface area contributed by atoms with Gasteiger partial charge in [-0.25, -0.2) is 9.97 Å². The van der Waals surface area contributed by atoms with Gasteiger partial charge in [0.05, 0.1) is 17.0 Å². The maximum absolute atomic E-state index is 12.6. The molecule has 4 heterocycles. The first-order chi connectivity index (χ1) is 14.2. The van der Waals surface area contributed by atoms with Crippen LogP contribution in [-0.2, 0) is 17.8 Å². The van der Waals surface area contributed by atoms with Crippen LogP contribution in [0.5, 0.6) is 5.75 Å². The van der Waals surface area contributed by atoms with Gasteiger partial charge in [0.1, 0.15) is 12.4 Å². The number of ether oxygens (including phenoxy) is 1. The van der Waals surface area contributed by atoms with Crippen LogP contribution in [0.1, 0.15) is 17.0 Å². The van der Waals surface area contributed by atoms with E-state index in [-0.39, 0.29) is 12.3 Å². The van der Waals surface area contributed by atoms with Crippen LogP contribution >= 0.6 is 11.3 Å². The Balaban J connectivity index is 1.42. The van der Waals surface area contributed by atoms with Crippen LogP contribution in [0, 0.1) is 6.92 Å². The number of pyridine rings is 2. The average molecular weight is 406 g/mol. The van der Waals surface area contributed by atoms with Crippen LogP contribution in [0.2, 0.25) is 0 Å². The predicted molar refractivity (Wildman–Crippen MR) is 110 cm³/mol. The van der Waals surface area contributed by atoms with Gasteiger partial charge in [0.2, 0.25) is 11.8 Å². The van der Waals surface area contributed by atoms with Crippen molar-refractivity contribution >= 4 is 23.1 Å². The minimum atomic E-state index is -0.244. The lowest BCUT2D eigenvalue weighted by molar-refractivity contribution is -0.115. The molecule has 0 radical (unpaired) electrons. The number of carbonyl (C=O) groups is 1. The summed E-state index contributed by atoms with van der Waals surface area (Å²) in [5.41, 5.74) is 1.57. The lowest BCUT2D eigenvalue weighted by Crippen LogP contribution is -2.17. The van der Waals surface area contributed by atoms with E-state index < -0.39 is 0 Å². The second-order valence-electron chi connectivity index (χ2n) is 6.22. The number of carbonyl (C=O) groups excluding carboxylic acids is 1. The zero-order valence-corrected chi connectivity index (χ0v) is 16.5. The van der Waals surface area contributed by atoms with Crippen LogP contribution in [0.25, 0.3) is 10.8 Å². The Morgan fingerprint density at radius 2 is 2.03 bits per heavy atom. The number of anilines is 1. The molecule has 0 aromatic carbocycles. The van der Waals surface area contributed by atoms with E-state index in [4.69, 9.17) is 9.15 Å². The van der Waals surface area contributed by atoms with Gasteiger partial charge >= 0.3 is 0 Å². The third-order valence-corrected chi connectivity index (χ3v) is 4.98. The van der Waals surface area contributed by atoms with Crippen molar-refractivity contribution in [3.63, 3.8) is 0 Å². The molecule has 4 aromatic rings. The van der Waals surface area contributed by atoms with Crippen molar-refractivity contribution in [3.8, 4) is 16.5 Å². The van der Waals surface area contributed by atoms with Gasteiger partial charge in [-0.05, 0) is 48.2 Å². The van der Waals surface area contributed by atoms with Crippen molar-refractivity contribution in [1.82, 2.24) is 15.0 Å². The highest BCUT2D eigenvalue weighted by atomic mass is 32.1. The molecule has 0 saturated heterocycles. The second-order valence-corrected chi connectivity index (χ2v) is 7.17. The fourth-order valence-corrected chi connectivity index (χ4v) is 3.32. The van der Waals surface area contributed by atoms with Gasteiger partial charge < -0.3 is 14.5 Å². The molecule has 8 heteroatoms. The number of nitrogens with one attached hydrogen (secondary N) is 1. The van der Waals surface area contributed by atoms with Crippen molar-refractivity contribution < 1.29 is 13.9 Å². The van der Waals surface area contributed by atoms with E-state index in [1.165, 1.54) is 11.3 Å². The molecular weight excluding hydrogens is 388 g/mol. The van der Waals surface area contributed by atoms with Gasteiger partial charge in [0, 0.05) is 18.6 Å². The van der Waals surface area contributed by atoms with Crippen LogP contribution in [0.4, 0.5) is 5.82 Å². The Bertz CT molecular complexity index is 1090. The standard InChI is InChI=1S/C21H18N4O3S/c1-14-16(24-21(28-14)18-5-3-11-29-18)12-19(26)25-20-17(4-2-8-23-20)27-13-15-6-9-22-10-7-15/h2-11H,12-13H2,1H3,(H,23,25,26). The van der Waals surface area contributed by atoms with Crippen LogP contribution < -0.4 is 10.1 Å². The molecule has 0 aliphatic carbocycles. The highest BCUT2D eigenvalue weighted by molar-refractivity contribution is 7.13. The molecule has 1 amide bonds. The largest absolute Gasteiger partial charge is 0.485 e. The van der Waals surface area contributed by atoms with E-state index in [2.05, 4.69) is 20.3 Å². The molecule has 0 atom stereocenters. The Kier molecular flexibility index (Phi) is 5.62. The first-order valence-corrected chi connectivity index (χ1v) is 9.84. The zero-order valence-electron chi connectivity index (χ0n) is 15.7. The third-order valence-electron chi connectivity index (χ3n) is 4.12. The monoisotopic (exact) mass is 406 g/mol. The van der Waals surface area contributed by atoms with Gasteiger partial charge in [0.25, 0.3) is 0 Å². The van der Waals surface area contributed by atoms with Gasteiger partial charge in [-0.1, -0.05) is 6.07 Å². The second kappa shape index (κ2) is 8.66. The van der Waals surface area contributed by atoms with Crippen molar-refractivity contribution in [2.24, 2.45) is 0 Å². The van der Waals surface area contributed by atoms with Crippen molar-refractivity contribution in [3.05, 3.63) is 77.4 Å². The van der Waals surface area contributed by atoms with Gasteiger partial charge in [0.15, 0.2) is 11.6 Å². The number of hydrogen-bond donors (Lipinski definition) is 1. The summed E-state index contributed by atoms with van der Waals surface area (Å²) in [6.07, 6.45) is 5.09. The van der Waals surface area contributed by atoms with Crippen molar-refractivity contribution in [2.45, 2.75) is 20.0 Å². The van der Waals surface area contributed by atoms with Crippen molar-refractivity contribution in [2.75, 3.05) is 5.32 Å². The average Bonchev–Trinajstić information content (AvgIpc) is 3.38. The lowest BCUT2D eigenvalue weighted by atomic mass is 10.2. The summed E-state index contributed by atoms with van der Waals surface area (Å²) in [4.78, 5) is 26.2. The molecule has 0 spiro atoms. The molecule has 0 unspecified atom stereocenters. The van der Waals surface area contributed by atoms with E-state index in [1.807, 2.05) is 29.6 Å². The summed E-state index contributed by atoms with van der Waals surface area (Å²) in [5.74, 6) is 1.77. The quantitative estimate of drug-likeness (QED) is 0.493. The number of aromatic nitrogens is 3. The van der Waals surface area contributed by atoms with Gasteiger partial charge in [-0.15, -0.1) is 11.3 Å². The van der Waals surface area contributed by atoms with E-state index in [9.17, 15) is 4.79 Å². The molecule has 0 fully saturated rings. The highest BCUT2D eigenvalue weighted by Gasteiger charge is 2.17. The summed E-state index contributed by atoms with van der Waals surface area (Å²) in [6.45, 7) is 2.15. The maximum Gasteiger partial charge on any atom is 0.236 e. The zero-order chi connectivity index (χ0) is 20.1. The smallest absolute Gasteiger partial charge is 0.236 e. The maximum atomic E-state index is 12.6. The Hall–Kier alpha value is -3.52. The van der Waals surface area contributed by atoms with E-state index in [0.29, 0.717) is 35.5 Å². The third kappa shape index (κ3) is 4.67. The molecule has 7 nitrogen and oxygen atoms in total. The Morgan fingerprint density at radius 3 is 2.83 bits per heavy atom. The van der Waals surface area contributed by atoms with Crippen LogP contribution in [0.3, 0.4) is 0 Å². The summed E-state index contributed by atoms with van der Waals surface area (Å²) in [7, 11) is 0. The van der Waals surface area contributed by atoms with Crippen LogP contribution in [0.15, 0.2) is 64.8 Å². The summed E-state index contributed by atoms with van der Waals surface area (Å²) >= 11 is 1.54. The molecular formula is C21H18N4O3S. The normalized spacial score (nSPS) is 10.7. The SMILES string of the molecule is Cc1oc(-c2cccs2)nc1CC(=O)Nc1ncccc1OCc1ccncc1. The summed E-state index contributed by atoms with van der Waals surface area (Å²) in [5, 5.41) is 4.75. The highest BCUT2D eigenvalue weighted by Crippen LogP contribution is 2.27. The van der Waals surface area contributed by atoms with E-state index >= 15 is 0 Å². The Labute approximate surface area is 171 Å². The number of rotatable bonds is 7. The number of amides is 1. The first-order valence-electron chi connectivity index (χ1n) is 8.96. The minimum absolute atomic E-state index is 0.0844. The molecule has 4 rings (SSSR count). The lowest BCUT2D eigenvalue weighted by Gasteiger charge is -2.11. The first kappa shape index (κ1) is 18.8. The molecule has 0 aliphatic heterocycles. The molecule has 29 heavy (non-hydrogen) atoms. The number of nitrogens with zero attached hydrogens (tertiary/aromatic N) is 3. The predicted octanol–water partition coefficient (Wildman–Crippen LogP) is 4.26. The molecule has 0 aliphatic rings. The van der Waals surface area contributed by atoms with Crippen molar-refractivity contribution in [1.29, 1.82) is 0 Å². The number of oxazole rings is 1. The fraction of sp³-hybridized carbons (Fsp3) is 0.143. The molecule has 4 aromatic heterocycles. The number of thiophene rings is 1. The molecule has 1 N–H and O–H groups in total. The fourth-order valence-electron chi connectivity index (χ4n) is 2.67. The summed E-state index contributed by atoms with van der Waals surface area (Å²) < 4.78 is 11.5. The Morgan fingerprint density at radius 1 is 1.17 bits per heavy atom. The molecule has 0 bridgehead atoms. The van der Waals surface area contributed by atoms with Crippen LogP contribution in [-0.4, -0.2) is 20.9 Å². The van der Waals surface area contributed by atoms with Gasteiger partial charge in [-0.2, -0.15) is 0 Å². The van der Waals surface area contributed by atoms with Gasteiger partial charge in [-0.3, -0.25) is 9.78 Å². The number of aryl methyl sites for hydroxylation is 1. The molecule has 0 saturated carbocycles. The van der Waals surface area contributed by atoms with E-state index in [1.54, 1.807) is 37.6 Å². The topological polar surface area (TPSA) is 90.1 Å². The molecule has 146 valence electrons. The van der Waals surface area contributed by atoms with E-state index in [0.717, 1.165) is 10.4 Å². The number of hydrogen-bond acceptors (Lipinski definition) is 7. The minimum Gasteiger partial charge on any atom is -0.485 e. The summed E-state index contributed by atoms with van der Waals surface area (Å²) in [6, 6.07) is 11.1.